The van der Waals surface area contributed by atoms with E-state index in [2.05, 4.69) is 4.74 Å². The maximum Gasteiger partial charge on any atom is 0.316 e. The molecule has 2 unspecified atom stereocenters. The number of ether oxygens (including phenoxy) is 1. The van der Waals surface area contributed by atoms with Crippen LogP contribution in [0.4, 0.5) is 0 Å². The molecule has 16 heavy (non-hydrogen) atoms. The molecule has 1 aliphatic carbocycles. The van der Waals surface area contributed by atoms with Crippen LogP contribution in [0.1, 0.15) is 39.0 Å². The highest BCUT2D eigenvalue weighted by atomic mass is 16.5. The van der Waals surface area contributed by atoms with Crippen molar-refractivity contribution in [2.75, 3.05) is 7.11 Å². The Bertz CT molecular complexity index is 295. The fourth-order valence-corrected chi connectivity index (χ4v) is 2.33. The highest BCUT2D eigenvalue weighted by molar-refractivity contribution is 5.98. The molecule has 1 aliphatic rings. The topological polar surface area (TPSA) is 60.4 Å². The van der Waals surface area contributed by atoms with Crippen molar-refractivity contribution in [3.8, 4) is 0 Å². The second kappa shape index (κ2) is 5.77. The van der Waals surface area contributed by atoms with Gasteiger partial charge in [0.25, 0.3) is 0 Å². The maximum absolute atomic E-state index is 11.5. The molecule has 0 radical (unpaired) electrons. The van der Waals surface area contributed by atoms with Crippen LogP contribution >= 0.6 is 0 Å². The Hall–Kier alpha value is -1.19. The first kappa shape index (κ1) is 12.9. The highest BCUT2D eigenvalue weighted by Gasteiger charge is 2.35. The molecule has 1 fully saturated rings. The van der Waals surface area contributed by atoms with Crippen molar-refractivity contribution in [1.82, 2.24) is 0 Å². The van der Waals surface area contributed by atoms with Gasteiger partial charge in [0.2, 0.25) is 0 Å². The van der Waals surface area contributed by atoms with Crippen molar-refractivity contribution in [1.29, 1.82) is 0 Å². The molecular weight excluding hydrogens is 208 g/mol. The lowest BCUT2D eigenvalue weighted by atomic mass is 9.83. The van der Waals surface area contributed by atoms with Gasteiger partial charge in [-0.3, -0.25) is 14.4 Å². The van der Waals surface area contributed by atoms with Crippen molar-refractivity contribution in [2.24, 2.45) is 11.8 Å². The van der Waals surface area contributed by atoms with Crippen molar-refractivity contribution in [3.63, 3.8) is 0 Å². The van der Waals surface area contributed by atoms with Crippen LogP contribution in [-0.2, 0) is 19.1 Å². The zero-order chi connectivity index (χ0) is 12.1. The standard InChI is InChI=1S/C12H18O4/c1-8(13)11(12(15)16-2)9-5-3-4-6-10(14)7-9/h9,11H,3-7H2,1-2H3. The normalized spacial score (nSPS) is 23.4. The molecule has 0 aromatic carbocycles. The van der Waals surface area contributed by atoms with E-state index < -0.39 is 11.9 Å². The Morgan fingerprint density at radius 2 is 2.06 bits per heavy atom. The second-order valence-corrected chi connectivity index (χ2v) is 4.36. The van der Waals surface area contributed by atoms with Gasteiger partial charge in [0.05, 0.1) is 7.11 Å². The smallest absolute Gasteiger partial charge is 0.316 e. The van der Waals surface area contributed by atoms with E-state index in [1.165, 1.54) is 14.0 Å². The Morgan fingerprint density at radius 3 is 2.62 bits per heavy atom. The van der Waals surface area contributed by atoms with Crippen LogP contribution in [0.15, 0.2) is 0 Å². The summed E-state index contributed by atoms with van der Waals surface area (Å²) >= 11 is 0. The number of hydrogen-bond donors (Lipinski definition) is 0. The molecule has 0 bridgehead atoms. The average Bonchev–Trinajstić information content (AvgIpc) is 2.42. The van der Waals surface area contributed by atoms with Gasteiger partial charge in [-0.2, -0.15) is 0 Å². The predicted octanol–water partition coefficient (Wildman–Crippen LogP) is 1.51. The molecule has 4 nitrogen and oxygen atoms in total. The number of methoxy groups -OCH3 is 1. The lowest BCUT2D eigenvalue weighted by molar-refractivity contribution is -0.151. The summed E-state index contributed by atoms with van der Waals surface area (Å²) in [5, 5.41) is 0. The lowest BCUT2D eigenvalue weighted by Crippen LogP contribution is -2.31. The number of carbonyl (C=O) groups is 3. The van der Waals surface area contributed by atoms with Gasteiger partial charge in [0.1, 0.15) is 17.5 Å². The summed E-state index contributed by atoms with van der Waals surface area (Å²) < 4.78 is 4.63. The molecule has 4 heteroatoms. The van der Waals surface area contributed by atoms with E-state index in [-0.39, 0.29) is 17.5 Å². The largest absolute Gasteiger partial charge is 0.468 e. The van der Waals surface area contributed by atoms with Gasteiger partial charge in [-0.25, -0.2) is 0 Å². The molecule has 0 saturated heterocycles. The van der Waals surface area contributed by atoms with Gasteiger partial charge >= 0.3 is 5.97 Å². The van der Waals surface area contributed by atoms with Crippen molar-refractivity contribution in [3.05, 3.63) is 0 Å². The fraction of sp³-hybridized carbons (Fsp3) is 0.750. The molecule has 1 rings (SSSR count). The molecule has 0 aliphatic heterocycles. The zero-order valence-electron chi connectivity index (χ0n) is 9.82. The van der Waals surface area contributed by atoms with E-state index in [0.717, 1.165) is 19.3 Å². The maximum atomic E-state index is 11.5. The molecule has 0 spiro atoms. The van der Waals surface area contributed by atoms with Crippen molar-refractivity contribution >= 4 is 17.5 Å². The van der Waals surface area contributed by atoms with Crippen LogP contribution in [0.2, 0.25) is 0 Å². The van der Waals surface area contributed by atoms with Crippen LogP contribution < -0.4 is 0 Å². The van der Waals surface area contributed by atoms with Crippen LogP contribution in [0.5, 0.6) is 0 Å². The molecule has 2 atom stereocenters. The predicted molar refractivity (Wildman–Crippen MR) is 57.8 cm³/mol. The van der Waals surface area contributed by atoms with E-state index in [1.54, 1.807) is 0 Å². The molecule has 90 valence electrons. The number of ketones is 2. The minimum absolute atomic E-state index is 0.151. The molecule has 0 aromatic heterocycles. The van der Waals surface area contributed by atoms with Crippen LogP contribution in [0.25, 0.3) is 0 Å². The Labute approximate surface area is 95.3 Å². The average molecular weight is 226 g/mol. The van der Waals surface area contributed by atoms with E-state index >= 15 is 0 Å². The minimum Gasteiger partial charge on any atom is -0.468 e. The third-order valence-electron chi connectivity index (χ3n) is 3.13. The number of hydrogen-bond acceptors (Lipinski definition) is 4. The van der Waals surface area contributed by atoms with Gasteiger partial charge in [-0.05, 0) is 25.7 Å². The molecule has 1 saturated carbocycles. The summed E-state index contributed by atoms with van der Waals surface area (Å²) in [5.74, 6) is -1.48. The van der Waals surface area contributed by atoms with Crippen LogP contribution in [0.3, 0.4) is 0 Å². The van der Waals surface area contributed by atoms with Crippen molar-refractivity contribution < 1.29 is 19.1 Å². The van der Waals surface area contributed by atoms with E-state index in [9.17, 15) is 14.4 Å². The Balaban J connectivity index is 2.80. The first-order valence-corrected chi connectivity index (χ1v) is 5.66. The molecule has 0 amide bonds. The molecular formula is C12H18O4. The second-order valence-electron chi connectivity index (χ2n) is 4.36. The monoisotopic (exact) mass is 226 g/mol. The summed E-state index contributed by atoms with van der Waals surface area (Å²) in [6.45, 7) is 1.39. The third-order valence-corrected chi connectivity index (χ3v) is 3.13. The molecule has 0 aromatic rings. The molecule has 0 N–H and O–H groups in total. The summed E-state index contributed by atoms with van der Waals surface area (Å²) in [6.07, 6.45) is 3.42. The van der Waals surface area contributed by atoms with E-state index in [0.29, 0.717) is 12.8 Å². The minimum atomic E-state index is -0.757. The van der Waals surface area contributed by atoms with Gasteiger partial charge in [0.15, 0.2) is 0 Å². The Kier molecular flexibility index (Phi) is 4.65. The number of Topliss-reactive ketones (excluding diaryl/α,β-unsaturated/α-hetero) is 2. The summed E-state index contributed by atoms with van der Waals surface area (Å²) in [7, 11) is 1.27. The number of carbonyl (C=O) groups excluding carboxylic acids is 3. The highest BCUT2D eigenvalue weighted by Crippen LogP contribution is 2.28. The SMILES string of the molecule is COC(=O)C(C(C)=O)C1CCCCC(=O)C1. The first-order valence-electron chi connectivity index (χ1n) is 5.66. The number of rotatable bonds is 3. The van der Waals surface area contributed by atoms with Crippen LogP contribution in [0, 0.1) is 11.8 Å². The fourth-order valence-electron chi connectivity index (χ4n) is 2.33. The summed E-state index contributed by atoms with van der Waals surface area (Å²) in [6, 6.07) is 0. The Morgan fingerprint density at radius 1 is 1.38 bits per heavy atom. The summed E-state index contributed by atoms with van der Waals surface area (Å²) in [5.41, 5.74) is 0. The first-order chi connectivity index (χ1) is 7.56. The van der Waals surface area contributed by atoms with Gasteiger partial charge < -0.3 is 4.74 Å². The van der Waals surface area contributed by atoms with Crippen molar-refractivity contribution in [2.45, 2.75) is 39.0 Å². The zero-order valence-corrected chi connectivity index (χ0v) is 9.82. The quantitative estimate of drug-likeness (QED) is 0.416. The molecule has 0 heterocycles. The third kappa shape index (κ3) is 3.15. The van der Waals surface area contributed by atoms with Gasteiger partial charge in [0, 0.05) is 12.8 Å². The van der Waals surface area contributed by atoms with E-state index in [4.69, 9.17) is 0 Å². The van der Waals surface area contributed by atoms with Gasteiger partial charge in [-0.1, -0.05) is 6.42 Å². The van der Waals surface area contributed by atoms with Gasteiger partial charge in [-0.15, -0.1) is 0 Å². The summed E-state index contributed by atoms with van der Waals surface area (Å²) in [4.78, 5) is 34.4. The lowest BCUT2D eigenvalue weighted by Gasteiger charge is -2.20. The van der Waals surface area contributed by atoms with Crippen LogP contribution in [-0.4, -0.2) is 24.6 Å². The number of esters is 1. The van der Waals surface area contributed by atoms with E-state index in [1.807, 2.05) is 0 Å².